The van der Waals surface area contributed by atoms with Crippen molar-refractivity contribution in [2.24, 2.45) is 0 Å². The number of amides is 1. The van der Waals surface area contributed by atoms with E-state index in [4.69, 9.17) is 5.26 Å². The summed E-state index contributed by atoms with van der Waals surface area (Å²) in [7, 11) is 0. The third-order valence-corrected chi connectivity index (χ3v) is 3.91. The van der Waals surface area contributed by atoms with E-state index in [1.807, 2.05) is 0 Å². The second kappa shape index (κ2) is 8.59. The molecule has 0 saturated carbocycles. The molecule has 5 nitrogen and oxygen atoms in total. The third kappa shape index (κ3) is 5.13. The van der Waals surface area contributed by atoms with Crippen LogP contribution in [-0.4, -0.2) is 17.4 Å². The molecule has 0 fully saturated rings. The maximum Gasteiger partial charge on any atom is 0.269 e. The van der Waals surface area contributed by atoms with Crippen LogP contribution in [0.25, 0.3) is 0 Å². The number of nitriles is 1. The van der Waals surface area contributed by atoms with Crippen molar-refractivity contribution in [2.45, 2.75) is 6.42 Å². The number of halogens is 1. The van der Waals surface area contributed by atoms with Gasteiger partial charge < -0.3 is 10.6 Å². The minimum absolute atomic E-state index is 0.262. The topological polar surface area (TPSA) is 77.8 Å². The lowest BCUT2D eigenvalue weighted by molar-refractivity contribution is 0.0949. The molecular weight excluding hydrogens is 343 g/mol. The fourth-order valence-electron chi connectivity index (χ4n) is 2.46. The summed E-state index contributed by atoms with van der Waals surface area (Å²) in [5.41, 5.74) is 3.42. The predicted octanol–water partition coefficient (Wildman–Crippen LogP) is 3.81. The van der Waals surface area contributed by atoms with Crippen LogP contribution in [0.4, 0.5) is 15.8 Å². The maximum atomic E-state index is 12.9. The Balaban J connectivity index is 1.52. The summed E-state index contributed by atoms with van der Waals surface area (Å²) in [5.74, 6) is -0.538. The number of hydrogen-bond donors (Lipinski definition) is 2. The summed E-state index contributed by atoms with van der Waals surface area (Å²) in [6, 6.07) is 18.7. The van der Waals surface area contributed by atoms with Gasteiger partial charge in [-0.1, -0.05) is 12.1 Å². The van der Waals surface area contributed by atoms with Crippen molar-refractivity contribution in [3.8, 4) is 6.07 Å². The largest absolute Gasteiger partial charge is 0.354 e. The van der Waals surface area contributed by atoms with Crippen LogP contribution in [0.1, 0.15) is 21.6 Å². The molecule has 134 valence electrons. The van der Waals surface area contributed by atoms with E-state index in [0.29, 0.717) is 24.2 Å². The number of benzene rings is 2. The highest BCUT2D eigenvalue weighted by atomic mass is 19.1. The number of nitrogens with zero attached hydrogens (tertiary/aromatic N) is 2. The van der Waals surface area contributed by atoms with Gasteiger partial charge in [0.15, 0.2) is 0 Å². The molecule has 6 heteroatoms. The molecule has 0 saturated heterocycles. The van der Waals surface area contributed by atoms with Crippen LogP contribution in [-0.2, 0) is 6.42 Å². The molecule has 0 atom stereocenters. The van der Waals surface area contributed by atoms with Gasteiger partial charge in [-0.3, -0.25) is 4.79 Å². The first-order chi connectivity index (χ1) is 13.1. The van der Waals surface area contributed by atoms with Crippen molar-refractivity contribution < 1.29 is 9.18 Å². The summed E-state index contributed by atoms with van der Waals surface area (Å²) in [5, 5.41) is 14.8. The monoisotopic (exact) mass is 360 g/mol. The summed E-state index contributed by atoms with van der Waals surface area (Å²) < 4.78 is 12.9. The molecule has 1 aromatic heterocycles. The van der Waals surface area contributed by atoms with Crippen LogP contribution >= 0.6 is 0 Å². The van der Waals surface area contributed by atoms with E-state index in [1.54, 1.807) is 54.7 Å². The zero-order valence-corrected chi connectivity index (χ0v) is 14.4. The quantitative estimate of drug-likeness (QED) is 0.701. The van der Waals surface area contributed by atoms with Crippen molar-refractivity contribution >= 4 is 17.3 Å². The van der Waals surface area contributed by atoms with E-state index < -0.39 is 0 Å². The van der Waals surface area contributed by atoms with Crippen LogP contribution < -0.4 is 10.6 Å². The van der Waals surface area contributed by atoms with Gasteiger partial charge in [-0.05, 0) is 60.5 Å². The molecule has 2 N–H and O–H groups in total. The SMILES string of the molecule is N#Cc1ccc(Nc2ccc(C(=O)NCCc3ccc(F)cc3)nc2)cc1. The smallest absolute Gasteiger partial charge is 0.269 e. The molecule has 0 aliphatic heterocycles. The number of carbonyl (C=O) groups excluding carboxylic acids is 1. The first-order valence-corrected chi connectivity index (χ1v) is 8.40. The number of pyridine rings is 1. The second-order valence-electron chi connectivity index (χ2n) is 5.88. The van der Waals surface area contributed by atoms with Crippen LogP contribution in [0.3, 0.4) is 0 Å². The third-order valence-electron chi connectivity index (χ3n) is 3.91. The Morgan fingerprint density at radius 2 is 1.70 bits per heavy atom. The van der Waals surface area contributed by atoms with E-state index in [-0.39, 0.29) is 11.7 Å². The van der Waals surface area contributed by atoms with Gasteiger partial charge in [0.25, 0.3) is 5.91 Å². The summed E-state index contributed by atoms with van der Waals surface area (Å²) >= 11 is 0. The fourth-order valence-corrected chi connectivity index (χ4v) is 2.46. The van der Waals surface area contributed by atoms with Gasteiger partial charge in [-0.2, -0.15) is 5.26 Å². The van der Waals surface area contributed by atoms with E-state index in [2.05, 4.69) is 21.7 Å². The lowest BCUT2D eigenvalue weighted by atomic mass is 10.1. The van der Waals surface area contributed by atoms with Gasteiger partial charge in [0.1, 0.15) is 11.5 Å². The highest BCUT2D eigenvalue weighted by Crippen LogP contribution is 2.16. The molecule has 0 bridgehead atoms. The van der Waals surface area contributed by atoms with Gasteiger partial charge >= 0.3 is 0 Å². The number of rotatable bonds is 6. The normalized spacial score (nSPS) is 10.1. The molecule has 2 aromatic carbocycles. The summed E-state index contributed by atoms with van der Waals surface area (Å²) in [6.07, 6.45) is 2.19. The zero-order chi connectivity index (χ0) is 19.1. The average Bonchev–Trinajstić information content (AvgIpc) is 2.70. The fraction of sp³-hybridized carbons (Fsp3) is 0.0952. The zero-order valence-electron chi connectivity index (χ0n) is 14.4. The van der Waals surface area contributed by atoms with Crippen molar-refractivity contribution in [1.29, 1.82) is 5.26 Å². The van der Waals surface area contributed by atoms with Gasteiger partial charge in [-0.25, -0.2) is 9.37 Å². The molecule has 0 aliphatic carbocycles. The highest BCUT2D eigenvalue weighted by molar-refractivity contribution is 5.92. The lowest BCUT2D eigenvalue weighted by Gasteiger charge is -2.08. The Bertz CT molecular complexity index is 945. The molecule has 27 heavy (non-hydrogen) atoms. The van der Waals surface area contributed by atoms with Crippen molar-refractivity contribution in [1.82, 2.24) is 10.3 Å². The van der Waals surface area contributed by atoms with Crippen molar-refractivity contribution in [2.75, 3.05) is 11.9 Å². The molecule has 0 spiro atoms. The van der Waals surface area contributed by atoms with Crippen molar-refractivity contribution in [3.63, 3.8) is 0 Å². The molecule has 3 aromatic rings. The summed E-state index contributed by atoms with van der Waals surface area (Å²) in [4.78, 5) is 16.3. The van der Waals surface area contributed by atoms with Gasteiger partial charge in [-0.15, -0.1) is 0 Å². The molecule has 1 amide bonds. The van der Waals surface area contributed by atoms with Crippen LogP contribution in [0.2, 0.25) is 0 Å². The van der Waals surface area contributed by atoms with E-state index >= 15 is 0 Å². The first-order valence-electron chi connectivity index (χ1n) is 8.40. The number of anilines is 2. The van der Waals surface area contributed by atoms with Gasteiger partial charge in [0.05, 0.1) is 23.5 Å². The minimum atomic E-state index is -0.276. The molecule has 3 rings (SSSR count). The minimum Gasteiger partial charge on any atom is -0.354 e. The Kier molecular flexibility index (Phi) is 5.75. The molecular formula is C21H17FN4O. The van der Waals surface area contributed by atoms with E-state index in [0.717, 1.165) is 16.9 Å². The van der Waals surface area contributed by atoms with E-state index in [9.17, 15) is 9.18 Å². The molecule has 0 aliphatic rings. The molecule has 0 unspecified atom stereocenters. The van der Waals surface area contributed by atoms with E-state index in [1.165, 1.54) is 12.1 Å². The van der Waals surface area contributed by atoms with Crippen LogP contribution in [0, 0.1) is 17.1 Å². The Labute approximate surface area is 156 Å². The van der Waals surface area contributed by atoms with Crippen LogP contribution in [0.15, 0.2) is 66.9 Å². The number of hydrogen-bond acceptors (Lipinski definition) is 4. The van der Waals surface area contributed by atoms with Gasteiger partial charge in [0, 0.05) is 12.2 Å². The first kappa shape index (κ1) is 18.1. The van der Waals surface area contributed by atoms with Crippen molar-refractivity contribution in [3.05, 3.63) is 89.5 Å². The van der Waals surface area contributed by atoms with Crippen LogP contribution in [0.5, 0.6) is 0 Å². The standard InChI is InChI=1S/C21H17FN4O/c22-17-5-1-15(2-6-17)11-12-24-21(27)20-10-9-19(14-25-20)26-18-7-3-16(13-23)4-8-18/h1-10,14,26H,11-12H2,(H,24,27). The maximum absolute atomic E-state index is 12.9. The highest BCUT2D eigenvalue weighted by Gasteiger charge is 2.07. The number of nitrogens with one attached hydrogen (secondary N) is 2. The van der Waals surface area contributed by atoms with Gasteiger partial charge in [0.2, 0.25) is 0 Å². The number of aromatic nitrogens is 1. The Morgan fingerprint density at radius 3 is 2.33 bits per heavy atom. The Morgan fingerprint density at radius 1 is 1.00 bits per heavy atom. The lowest BCUT2D eigenvalue weighted by Crippen LogP contribution is -2.26. The Hall–Kier alpha value is -3.72. The predicted molar refractivity (Wildman–Crippen MR) is 101 cm³/mol. The number of carbonyl (C=O) groups is 1. The average molecular weight is 360 g/mol. The molecule has 1 heterocycles. The molecule has 0 radical (unpaired) electrons. The summed E-state index contributed by atoms with van der Waals surface area (Å²) in [6.45, 7) is 0.442. The second-order valence-corrected chi connectivity index (χ2v) is 5.88.